The fourth-order valence-electron chi connectivity index (χ4n) is 2.86. The highest BCUT2D eigenvalue weighted by Gasteiger charge is 2.24. The van der Waals surface area contributed by atoms with Gasteiger partial charge in [0.1, 0.15) is 0 Å². The first-order valence-corrected chi connectivity index (χ1v) is 8.73. The summed E-state index contributed by atoms with van der Waals surface area (Å²) in [4.78, 5) is 27.7. The molecule has 1 saturated carbocycles. The number of primary amides is 1. The Kier molecular flexibility index (Phi) is 4.19. The second-order valence-corrected chi connectivity index (χ2v) is 6.75. The molecule has 1 aromatic carbocycles. The van der Waals surface area contributed by atoms with Crippen LogP contribution in [0.1, 0.15) is 39.1 Å². The van der Waals surface area contributed by atoms with Crippen molar-refractivity contribution in [2.45, 2.75) is 25.8 Å². The predicted molar refractivity (Wildman–Crippen MR) is 101 cm³/mol. The van der Waals surface area contributed by atoms with Gasteiger partial charge in [0.2, 0.25) is 5.91 Å². The van der Waals surface area contributed by atoms with E-state index in [1.165, 1.54) is 6.20 Å². The minimum absolute atomic E-state index is 0.0514. The van der Waals surface area contributed by atoms with Gasteiger partial charge in [-0.3, -0.25) is 14.6 Å². The van der Waals surface area contributed by atoms with Crippen LogP contribution < -0.4 is 11.1 Å². The van der Waals surface area contributed by atoms with E-state index in [1.54, 1.807) is 23.1 Å². The third-order valence-electron chi connectivity index (χ3n) is 4.58. The normalized spacial score (nSPS) is 13.4. The molecule has 0 bridgehead atoms. The molecule has 1 aliphatic rings. The van der Waals surface area contributed by atoms with Crippen molar-refractivity contribution >= 4 is 11.8 Å². The lowest BCUT2D eigenvalue weighted by atomic mass is 10.0. The van der Waals surface area contributed by atoms with Crippen LogP contribution in [0.3, 0.4) is 0 Å². The maximum absolute atomic E-state index is 12.3. The van der Waals surface area contributed by atoms with Crippen LogP contribution in [0.2, 0.25) is 0 Å². The molecule has 7 heteroatoms. The van der Waals surface area contributed by atoms with Gasteiger partial charge in [-0.15, -0.1) is 0 Å². The Labute approximate surface area is 156 Å². The van der Waals surface area contributed by atoms with E-state index < -0.39 is 5.91 Å². The average molecular weight is 361 g/mol. The van der Waals surface area contributed by atoms with E-state index in [1.807, 2.05) is 31.3 Å². The second kappa shape index (κ2) is 6.68. The van der Waals surface area contributed by atoms with E-state index in [-0.39, 0.29) is 5.91 Å². The second-order valence-electron chi connectivity index (χ2n) is 6.75. The summed E-state index contributed by atoms with van der Waals surface area (Å²) >= 11 is 0. The van der Waals surface area contributed by atoms with Crippen molar-refractivity contribution in [3.8, 4) is 16.8 Å². The quantitative estimate of drug-likeness (QED) is 0.727. The fourth-order valence-corrected chi connectivity index (χ4v) is 2.86. The Morgan fingerprint density at radius 2 is 1.96 bits per heavy atom. The molecule has 4 rings (SSSR count). The number of aromatic nitrogens is 3. The molecule has 3 N–H and O–H groups in total. The van der Waals surface area contributed by atoms with Gasteiger partial charge < -0.3 is 11.1 Å². The summed E-state index contributed by atoms with van der Waals surface area (Å²) in [7, 11) is 0. The number of benzene rings is 1. The molecule has 27 heavy (non-hydrogen) atoms. The van der Waals surface area contributed by atoms with Gasteiger partial charge in [0.05, 0.1) is 23.6 Å². The zero-order valence-electron chi connectivity index (χ0n) is 14.8. The lowest BCUT2D eigenvalue weighted by molar-refractivity contribution is 0.0949. The Morgan fingerprint density at radius 1 is 1.15 bits per heavy atom. The van der Waals surface area contributed by atoms with E-state index in [9.17, 15) is 9.59 Å². The van der Waals surface area contributed by atoms with Crippen LogP contribution in [-0.2, 0) is 0 Å². The smallest absolute Gasteiger partial charge is 0.251 e. The predicted octanol–water partition coefficient (Wildman–Crippen LogP) is 2.23. The zero-order chi connectivity index (χ0) is 19.0. The molecule has 0 unspecified atom stereocenters. The summed E-state index contributed by atoms with van der Waals surface area (Å²) in [6.45, 7) is 1.99. The monoisotopic (exact) mass is 361 g/mol. The number of pyridine rings is 1. The lowest BCUT2D eigenvalue weighted by Crippen LogP contribution is -2.25. The van der Waals surface area contributed by atoms with Crippen molar-refractivity contribution in [3.05, 3.63) is 65.7 Å². The summed E-state index contributed by atoms with van der Waals surface area (Å²) < 4.78 is 1.63. The first kappa shape index (κ1) is 17.0. The van der Waals surface area contributed by atoms with Gasteiger partial charge in [0, 0.05) is 29.6 Å². The highest BCUT2D eigenvalue weighted by atomic mass is 16.2. The first-order valence-electron chi connectivity index (χ1n) is 8.73. The van der Waals surface area contributed by atoms with Crippen molar-refractivity contribution in [3.63, 3.8) is 0 Å². The third kappa shape index (κ3) is 3.57. The van der Waals surface area contributed by atoms with Gasteiger partial charge in [-0.05, 0) is 49.1 Å². The van der Waals surface area contributed by atoms with Crippen LogP contribution in [0, 0.1) is 6.92 Å². The van der Waals surface area contributed by atoms with Crippen LogP contribution in [0.15, 0.2) is 49.1 Å². The Bertz CT molecular complexity index is 1040. The molecule has 0 aliphatic heterocycles. The molecule has 2 heterocycles. The molecule has 0 radical (unpaired) electrons. The number of nitrogens with one attached hydrogen (secondary N) is 1. The van der Waals surface area contributed by atoms with Crippen LogP contribution in [0.4, 0.5) is 0 Å². The number of hydrogen-bond acceptors (Lipinski definition) is 4. The standard InChI is InChI=1S/C20H19N5O2/c1-12-2-3-13(20(27)24-16-4-5-16)7-18(12)15-9-23-25(11-15)17-6-14(19(21)26)8-22-10-17/h2-3,6-11,16H,4-5H2,1H3,(H2,21,26)(H,24,27). The summed E-state index contributed by atoms with van der Waals surface area (Å²) in [5, 5.41) is 7.37. The molecule has 2 aromatic heterocycles. The highest BCUT2D eigenvalue weighted by Crippen LogP contribution is 2.26. The summed E-state index contributed by atoms with van der Waals surface area (Å²) in [6, 6.07) is 7.60. The molecule has 3 aromatic rings. The van der Waals surface area contributed by atoms with Crippen LogP contribution in [-0.4, -0.2) is 32.6 Å². The van der Waals surface area contributed by atoms with E-state index in [4.69, 9.17) is 5.73 Å². The number of carbonyl (C=O) groups is 2. The molecular weight excluding hydrogens is 342 g/mol. The lowest BCUT2D eigenvalue weighted by Gasteiger charge is -2.08. The average Bonchev–Trinajstić information content (AvgIpc) is 3.34. The molecule has 136 valence electrons. The SMILES string of the molecule is Cc1ccc(C(=O)NC2CC2)cc1-c1cnn(-c2cncc(C(N)=O)c2)c1. The summed E-state index contributed by atoms with van der Waals surface area (Å²) in [6.07, 6.45) is 8.69. The molecule has 1 aliphatic carbocycles. The van der Waals surface area contributed by atoms with Gasteiger partial charge >= 0.3 is 0 Å². The first-order chi connectivity index (χ1) is 13.0. The van der Waals surface area contributed by atoms with Crippen molar-refractivity contribution in [2.24, 2.45) is 5.73 Å². The van der Waals surface area contributed by atoms with Crippen LogP contribution >= 0.6 is 0 Å². The van der Waals surface area contributed by atoms with Crippen molar-refractivity contribution < 1.29 is 9.59 Å². The number of nitrogens with two attached hydrogens (primary N) is 1. The van der Waals surface area contributed by atoms with Crippen molar-refractivity contribution in [1.82, 2.24) is 20.1 Å². The number of hydrogen-bond donors (Lipinski definition) is 2. The third-order valence-corrected chi connectivity index (χ3v) is 4.58. The number of rotatable bonds is 5. The Hall–Kier alpha value is -3.48. The zero-order valence-corrected chi connectivity index (χ0v) is 14.8. The van der Waals surface area contributed by atoms with Gasteiger partial charge in [-0.25, -0.2) is 4.68 Å². The van der Waals surface area contributed by atoms with Gasteiger partial charge in [-0.1, -0.05) is 6.07 Å². The van der Waals surface area contributed by atoms with Crippen molar-refractivity contribution in [2.75, 3.05) is 0 Å². The van der Waals surface area contributed by atoms with E-state index in [2.05, 4.69) is 15.4 Å². The molecule has 1 fully saturated rings. The minimum atomic E-state index is -0.540. The summed E-state index contributed by atoms with van der Waals surface area (Å²) in [5.41, 5.74) is 9.75. The van der Waals surface area contributed by atoms with E-state index in [0.717, 1.165) is 29.5 Å². The van der Waals surface area contributed by atoms with Gasteiger partial charge in [0.25, 0.3) is 5.91 Å². The maximum atomic E-state index is 12.3. The maximum Gasteiger partial charge on any atom is 0.251 e. The number of nitrogens with zero attached hydrogens (tertiary/aromatic N) is 3. The topological polar surface area (TPSA) is 103 Å². The Morgan fingerprint density at radius 3 is 2.70 bits per heavy atom. The van der Waals surface area contributed by atoms with Gasteiger partial charge in [0.15, 0.2) is 0 Å². The van der Waals surface area contributed by atoms with E-state index >= 15 is 0 Å². The minimum Gasteiger partial charge on any atom is -0.366 e. The fraction of sp³-hybridized carbons (Fsp3) is 0.200. The number of amides is 2. The largest absolute Gasteiger partial charge is 0.366 e. The summed E-state index contributed by atoms with van der Waals surface area (Å²) in [5.74, 6) is -0.591. The van der Waals surface area contributed by atoms with Crippen molar-refractivity contribution in [1.29, 1.82) is 0 Å². The van der Waals surface area contributed by atoms with Crippen LogP contribution in [0.25, 0.3) is 16.8 Å². The van der Waals surface area contributed by atoms with Crippen LogP contribution in [0.5, 0.6) is 0 Å². The number of aryl methyl sites for hydroxylation is 1. The highest BCUT2D eigenvalue weighted by molar-refractivity contribution is 5.96. The number of carbonyl (C=O) groups excluding carboxylic acids is 2. The molecule has 7 nitrogen and oxygen atoms in total. The van der Waals surface area contributed by atoms with Gasteiger partial charge in [-0.2, -0.15) is 5.10 Å². The molecule has 0 saturated heterocycles. The molecule has 0 spiro atoms. The molecule has 2 amide bonds. The Balaban J connectivity index is 1.65. The molecular formula is C20H19N5O2. The molecule has 0 atom stereocenters. The van der Waals surface area contributed by atoms with E-state index in [0.29, 0.717) is 22.9 Å².